The lowest BCUT2D eigenvalue weighted by molar-refractivity contribution is 0.352. The van der Waals surface area contributed by atoms with Gasteiger partial charge in [-0.3, -0.25) is 0 Å². The molecule has 1 aliphatic heterocycles. The van der Waals surface area contributed by atoms with Gasteiger partial charge in [-0.2, -0.15) is 0 Å². The molecule has 0 aromatic heterocycles. The van der Waals surface area contributed by atoms with E-state index in [-0.39, 0.29) is 5.54 Å². The molecule has 2 rings (SSSR count). The summed E-state index contributed by atoms with van der Waals surface area (Å²) in [5.41, 5.74) is 2.78. The zero-order valence-electron chi connectivity index (χ0n) is 11.2. The van der Waals surface area contributed by atoms with Crippen molar-refractivity contribution in [3.63, 3.8) is 0 Å². The van der Waals surface area contributed by atoms with E-state index in [4.69, 9.17) is 4.74 Å². The van der Waals surface area contributed by atoms with Gasteiger partial charge in [0.25, 0.3) is 0 Å². The highest BCUT2D eigenvalue weighted by molar-refractivity contribution is 5.56. The SMILES string of the molecule is COc1ccc(N2CCNC(C)(C)C2)c(C)c1. The molecule has 17 heavy (non-hydrogen) atoms. The van der Waals surface area contributed by atoms with E-state index in [1.165, 1.54) is 11.3 Å². The van der Waals surface area contributed by atoms with E-state index in [0.717, 1.165) is 25.4 Å². The smallest absolute Gasteiger partial charge is 0.119 e. The summed E-state index contributed by atoms with van der Waals surface area (Å²) in [6, 6.07) is 6.30. The highest BCUT2D eigenvalue weighted by atomic mass is 16.5. The Balaban J connectivity index is 2.22. The van der Waals surface area contributed by atoms with Crippen LogP contribution in [0, 0.1) is 6.92 Å². The molecule has 3 nitrogen and oxygen atoms in total. The first-order valence-corrected chi connectivity index (χ1v) is 6.16. The molecule has 0 amide bonds. The number of nitrogens with zero attached hydrogens (tertiary/aromatic N) is 1. The number of benzene rings is 1. The van der Waals surface area contributed by atoms with E-state index >= 15 is 0 Å². The minimum absolute atomic E-state index is 0.185. The standard InChI is InChI=1S/C14H22N2O/c1-11-9-12(17-4)5-6-13(11)16-8-7-15-14(2,3)10-16/h5-6,9,15H,7-8,10H2,1-4H3. The van der Waals surface area contributed by atoms with Crippen molar-refractivity contribution in [3.05, 3.63) is 23.8 Å². The molecule has 3 heteroatoms. The fraction of sp³-hybridized carbons (Fsp3) is 0.571. The van der Waals surface area contributed by atoms with E-state index in [1.54, 1.807) is 7.11 Å². The molecule has 0 unspecified atom stereocenters. The Bertz CT molecular complexity index is 401. The number of anilines is 1. The third-order valence-corrected chi connectivity index (χ3v) is 3.32. The van der Waals surface area contributed by atoms with Crippen molar-refractivity contribution in [3.8, 4) is 5.75 Å². The second-order valence-electron chi connectivity index (χ2n) is 5.38. The Morgan fingerprint density at radius 1 is 1.35 bits per heavy atom. The number of aryl methyl sites for hydroxylation is 1. The summed E-state index contributed by atoms with van der Waals surface area (Å²) in [6.45, 7) is 9.79. The van der Waals surface area contributed by atoms with Crippen molar-refractivity contribution < 1.29 is 4.74 Å². The zero-order valence-corrected chi connectivity index (χ0v) is 11.2. The quantitative estimate of drug-likeness (QED) is 0.849. The normalized spacial score (nSPS) is 19.2. The van der Waals surface area contributed by atoms with Crippen LogP contribution in [0.3, 0.4) is 0 Å². The van der Waals surface area contributed by atoms with Gasteiger partial charge >= 0.3 is 0 Å². The van der Waals surface area contributed by atoms with Gasteiger partial charge in [-0.05, 0) is 44.5 Å². The molecule has 1 heterocycles. The summed E-state index contributed by atoms with van der Waals surface area (Å²) >= 11 is 0. The van der Waals surface area contributed by atoms with Gasteiger partial charge < -0.3 is 15.0 Å². The van der Waals surface area contributed by atoms with Gasteiger partial charge in [0.15, 0.2) is 0 Å². The third-order valence-electron chi connectivity index (χ3n) is 3.32. The van der Waals surface area contributed by atoms with Crippen molar-refractivity contribution in [2.24, 2.45) is 0 Å². The average Bonchev–Trinajstić information content (AvgIpc) is 2.27. The fourth-order valence-corrected chi connectivity index (χ4v) is 2.46. The van der Waals surface area contributed by atoms with E-state index in [0.29, 0.717) is 0 Å². The Morgan fingerprint density at radius 2 is 2.12 bits per heavy atom. The average molecular weight is 234 g/mol. The van der Waals surface area contributed by atoms with Crippen LogP contribution in [0.5, 0.6) is 5.75 Å². The second-order valence-corrected chi connectivity index (χ2v) is 5.38. The lowest BCUT2D eigenvalue weighted by Crippen LogP contribution is -2.57. The topological polar surface area (TPSA) is 24.5 Å². The first kappa shape index (κ1) is 12.2. The van der Waals surface area contributed by atoms with Crippen LogP contribution in [0.2, 0.25) is 0 Å². The van der Waals surface area contributed by atoms with E-state index in [1.807, 2.05) is 6.07 Å². The highest BCUT2D eigenvalue weighted by Gasteiger charge is 2.26. The van der Waals surface area contributed by atoms with Crippen LogP contribution in [0.4, 0.5) is 5.69 Å². The van der Waals surface area contributed by atoms with Crippen molar-refractivity contribution in [2.45, 2.75) is 26.3 Å². The van der Waals surface area contributed by atoms with Crippen molar-refractivity contribution in [1.82, 2.24) is 5.32 Å². The summed E-state index contributed by atoms with van der Waals surface area (Å²) in [5.74, 6) is 0.931. The molecule has 0 aliphatic carbocycles. The number of rotatable bonds is 2. The highest BCUT2D eigenvalue weighted by Crippen LogP contribution is 2.26. The van der Waals surface area contributed by atoms with Crippen LogP contribution in [-0.2, 0) is 0 Å². The summed E-state index contributed by atoms with van der Waals surface area (Å²) in [7, 11) is 1.71. The lowest BCUT2D eigenvalue weighted by Gasteiger charge is -2.41. The molecule has 1 aromatic carbocycles. The van der Waals surface area contributed by atoms with Gasteiger partial charge in [0.05, 0.1) is 7.11 Å². The van der Waals surface area contributed by atoms with Gasteiger partial charge in [-0.25, -0.2) is 0 Å². The van der Waals surface area contributed by atoms with Crippen molar-refractivity contribution in [2.75, 3.05) is 31.6 Å². The molecule has 1 aliphatic rings. The number of ether oxygens (including phenoxy) is 1. The van der Waals surface area contributed by atoms with Crippen LogP contribution >= 0.6 is 0 Å². The van der Waals surface area contributed by atoms with Crippen LogP contribution in [0.25, 0.3) is 0 Å². The maximum Gasteiger partial charge on any atom is 0.119 e. The lowest BCUT2D eigenvalue weighted by atomic mass is 10.0. The third kappa shape index (κ3) is 2.72. The minimum Gasteiger partial charge on any atom is -0.497 e. The van der Waals surface area contributed by atoms with Crippen molar-refractivity contribution >= 4 is 5.69 Å². The second kappa shape index (κ2) is 4.57. The minimum atomic E-state index is 0.185. The molecule has 0 bridgehead atoms. The maximum absolute atomic E-state index is 5.25. The van der Waals surface area contributed by atoms with Crippen LogP contribution in [-0.4, -0.2) is 32.3 Å². The van der Waals surface area contributed by atoms with Gasteiger partial charge in [0.2, 0.25) is 0 Å². The largest absolute Gasteiger partial charge is 0.497 e. The van der Waals surface area contributed by atoms with E-state index in [9.17, 15) is 0 Å². The molecule has 1 N–H and O–H groups in total. The summed E-state index contributed by atoms with van der Waals surface area (Å²) in [6.07, 6.45) is 0. The first-order valence-electron chi connectivity index (χ1n) is 6.16. The van der Waals surface area contributed by atoms with Gasteiger partial charge in [0.1, 0.15) is 5.75 Å². The number of methoxy groups -OCH3 is 1. The Hall–Kier alpha value is -1.22. The molecule has 1 fully saturated rings. The number of piperazine rings is 1. The zero-order chi connectivity index (χ0) is 12.5. The molecular weight excluding hydrogens is 212 g/mol. The van der Waals surface area contributed by atoms with Gasteiger partial charge in [0, 0.05) is 30.9 Å². The molecular formula is C14H22N2O. The Kier molecular flexibility index (Phi) is 3.29. The Morgan fingerprint density at radius 3 is 2.71 bits per heavy atom. The Labute approximate surface area is 104 Å². The van der Waals surface area contributed by atoms with Crippen LogP contribution in [0.15, 0.2) is 18.2 Å². The molecule has 94 valence electrons. The van der Waals surface area contributed by atoms with Crippen LogP contribution in [0.1, 0.15) is 19.4 Å². The van der Waals surface area contributed by atoms with Gasteiger partial charge in [-0.15, -0.1) is 0 Å². The molecule has 0 atom stereocenters. The van der Waals surface area contributed by atoms with E-state index < -0.39 is 0 Å². The number of hydrogen-bond donors (Lipinski definition) is 1. The number of hydrogen-bond acceptors (Lipinski definition) is 3. The molecule has 1 aromatic rings. The molecule has 0 radical (unpaired) electrons. The summed E-state index contributed by atoms with van der Waals surface area (Å²) in [4.78, 5) is 2.45. The monoisotopic (exact) mass is 234 g/mol. The first-order chi connectivity index (χ1) is 8.02. The summed E-state index contributed by atoms with van der Waals surface area (Å²) < 4.78 is 5.25. The molecule has 0 spiro atoms. The van der Waals surface area contributed by atoms with Crippen LogP contribution < -0.4 is 15.0 Å². The predicted molar refractivity (Wildman–Crippen MR) is 72.0 cm³/mol. The summed E-state index contributed by atoms with van der Waals surface area (Å²) in [5, 5.41) is 3.53. The molecule has 1 saturated heterocycles. The predicted octanol–water partition coefficient (Wildman–Crippen LogP) is 2.19. The van der Waals surface area contributed by atoms with Gasteiger partial charge in [-0.1, -0.05) is 0 Å². The molecule has 0 saturated carbocycles. The van der Waals surface area contributed by atoms with E-state index in [2.05, 4.69) is 43.1 Å². The number of nitrogens with one attached hydrogen (secondary N) is 1. The fourth-order valence-electron chi connectivity index (χ4n) is 2.46. The maximum atomic E-state index is 5.25. The van der Waals surface area contributed by atoms with Crippen molar-refractivity contribution in [1.29, 1.82) is 0 Å².